The van der Waals surface area contributed by atoms with Gasteiger partial charge in [0.1, 0.15) is 0 Å². The van der Waals surface area contributed by atoms with Crippen molar-refractivity contribution in [2.75, 3.05) is 0 Å². The summed E-state index contributed by atoms with van der Waals surface area (Å²) in [5.41, 5.74) is 0. The average molecular weight is 201 g/mol. The summed E-state index contributed by atoms with van der Waals surface area (Å²) < 4.78 is 89.8. The Morgan fingerprint density at radius 2 is 1.00 bits per heavy atom. The van der Waals surface area contributed by atoms with E-state index in [0.29, 0.717) is 0 Å². The molecule has 0 N–H and O–H groups in total. The Bertz CT molecular complexity index is 126. The minimum absolute atomic E-state index is 3.67. The van der Waals surface area contributed by atoms with Crippen molar-refractivity contribution in [3.63, 3.8) is 0 Å². The van der Waals surface area contributed by atoms with Gasteiger partial charge in [-0.15, -0.1) is 0 Å². The standard InChI is InChI=1S/C4HF8/c5-2(6)1(3(7,8)9)4(10,11)12/h2H. The van der Waals surface area contributed by atoms with E-state index in [0.717, 1.165) is 0 Å². The maximum Gasteiger partial charge on any atom is 0.410 e. The molecule has 0 bridgehead atoms. The molecule has 8 heteroatoms. The maximum absolute atomic E-state index is 11.2. The molecule has 0 unspecified atom stereocenters. The van der Waals surface area contributed by atoms with E-state index in [1.165, 1.54) is 0 Å². The van der Waals surface area contributed by atoms with Crippen molar-refractivity contribution in [1.82, 2.24) is 0 Å². The second-order valence-corrected chi connectivity index (χ2v) is 1.71. The Morgan fingerprint density at radius 1 is 0.750 bits per heavy atom. The summed E-state index contributed by atoms with van der Waals surface area (Å²) in [5.74, 6) is -3.67. The highest BCUT2D eigenvalue weighted by Gasteiger charge is 2.62. The average Bonchev–Trinajstić information content (AvgIpc) is 1.49. The van der Waals surface area contributed by atoms with Gasteiger partial charge in [-0.05, 0) is 0 Å². The van der Waals surface area contributed by atoms with E-state index in [2.05, 4.69) is 0 Å². The van der Waals surface area contributed by atoms with Gasteiger partial charge in [-0.25, -0.2) is 8.78 Å². The van der Waals surface area contributed by atoms with Crippen LogP contribution in [0.4, 0.5) is 35.1 Å². The molecule has 0 nitrogen and oxygen atoms in total. The topological polar surface area (TPSA) is 0 Å². The summed E-state index contributed by atoms with van der Waals surface area (Å²) in [7, 11) is 0. The number of hydrogen-bond donors (Lipinski definition) is 0. The summed E-state index contributed by atoms with van der Waals surface area (Å²) in [6.07, 6.45) is -16.6. The molecular formula is C4HF8. The van der Waals surface area contributed by atoms with Crippen LogP contribution in [-0.4, -0.2) is 18.8 Å². The molecule has 0 aromatic carbocycles. The van der Waals surface area contributed by atoms with E-state index in [9.17, 15) is 35.1 Å². The molecule has 12 heavy (non-hydrogen) atoms. The first kappa shape index (κ1) is 11.4. The fraction of sp³-hybridized carbons (Fsp3) is 0.750. The molecule has 0 aromatic heterocycles. The van der Waals surface area contributed by atoms with Crippen LogP contribution in [0, 0.1) is 5.92 Å². The third-order valence-electron chi connectivity index (χ3n) is 0.829. The van der Waals surface area contributed by atoms with E-state index < -0.39 is 24.7 Å². The molecule has 0 aliphatic carbocycles. The van der Waals surface area contributed by atoms with E-state index in [4.69, 9.17) is 0 Å². The third kappa shape index (κ3) is 2.82. The second kappa shape index (κ2) is 3.06. The molecule has 0 rings (SSSR count). The van der Waals surface area contributed by atoms with Gasteiger partial charge in [0.25, 0.3) is 6.43 Å². The molecular weight excluding hydrogens is 200 g/mol. The van der Waals surface area contributed by atoms with Crippen molar-refractivity contribution >= 4 is 0 Å². The zero-order valence-corrected chi connectivity index (χ0v) is 5.10. The fourth-order valence-electron chi connectivity index (χ4n) is 0.408. The Kier molecular flexibility index (Phi) is 2.92. The highest BCUT2D eigenvalue weighted by Crippen LogP contribution is 2.44. The van der Waals surface area contributed by atoms with Crippen LogP contribution in [-0.2, 0) is 0 Å². The first-order chi connectivity index (χ1) is 5.07. The Balaban J connectivity index is 4.70. The van der Waals surface area contributed by atoms with Crippen LogP contribution in [0.1, 0.15) is 0 Å². The minimum Gasteiger partial charge on any atom is -0.209 e. The fourth-order valence-corrected chi connectivity index (χ4v) is 0.408. The van der Waals surface area contributed by atoms with Crippen LogP contribution >= 0.6 is 0 Å². The predicted octanol–water partition coefficient (Wildman–Crippen LogP) is 2.95. The van der Waals surface area contributed by atoms with Gasteiger partial charge in [0.15, 0.2) is 0 Å². The maximum atomic E-state index is 11.2. The summed E-state index contributed by atoms with van der Waals surface area (Å²) >= 11 is 0. The van der Waals surface area contributed by atoms with E-state index in [1.54, 1.807) is 0 Å². The zero-order chi connectivity index (χ0) is 10.2. The van der Waals surface area contributed by atoms with Crippen LogP contribution in [0.5, 0.6) is 0 Å². The van der Waals surface area contributed by atoms with Gasteiger partial charge in [0, 0.05) is 0 Å². The van der Waals surface area contributed by atoms with Crippen molar-refractivity contribution in [1.29, 1.82) is 0 Å². The predicted molar refractivity (Wildman–Crippen MR) is 21.4 cm³/mol. The number of alkyl halides is 8. The molecule has 0 aromatic rings. The van der Waals surface area contributed by atoms with Crippen molar-refractivity contribution in [2.45, 2.75) is 18.8 Å². The Hall–Kier alpha value is -0.560. The van der Waals surface area contributed by atoms with Gasteiger partial charge >= 0.3 is 12.4 Å². The first-order valence-corrected chi connectivity index (χ1v) is 2.36. The molecule has 0 saturated carbocycles. The smallest absolute Gasteiger partial charge is 0.209 e. The summed E-state index contributed by atoms with van der Waals surface area (Å²) in [4.78, 5) is 0. The van der Waals surface area contributed by atoms with Crippen LogP contribution in [0.25, 0.3) is 0 Å². The molecule has 0 aliphatic heterocycles. The number of rotatable bonds is 1. The Morgan fingerprint density at radius 3 is 1.00 bits per heavy atom. The van der Waals surface area contributed by atoms with Crippen LogP contribution < -0.4 is 0 Å². The highest BCUT2D eigenvalue weighted by molar-refractivity contribution is 5.07. The van der Waals surface area contributed by atoms with Crippen molar-refractivity contribution in [3.05, 3.63) is 5.92 Å². The van der Waals surface area contributed by atoms with Gasteiger partial charge in [0.05, 0.1) is 0 Å². The van der Waals surface area contributed by atoms with Gasteiger partial charge in [-0.1, -0.05) is 0 Å². The lowest BCUT2D eigenvalue weighted by Crippen LogP contribution is -2.39. The van der Waals surface area contributed by atoms with Crippen molar-refractivity contribution < 1.29 is 35.1 Å². The summed E-state index contributed by atoms with van der Waals surface area (Å²) in [5, 5.41) is 0. The molecule has 73 valence electrons. The monoisotopic (exact) mass is 201 g/mol. The van der Waals surface area contributed by atoms with Crippen molar-refractivity contribution in [3.8, 4) is 0 Å². The zero-order valence-electron chi connectivity index (χ0n) is 5.10. The SMILES string of the molecule is FC(F)[C](C(F)(F)F)C(F)(F)F. The molecule has 1 radical (unpaired) electrons. The van der Waals surface area contributed by atoms with Gasteiger partial charge in [0.2, 0.25) is 5.92 Å². The lowest BCUT2D eigenvalue weighted by molar-refractivity contribution is -0.226. The van der Waals surface area contributed by atoms with Crippen LogP contribution in [0.15, 0.2) is 0 Å². The Labute approximate surface area is 61.2 Å². The van der Waals surface area contributed by atoms with Crippen molar-refractivity contribution in [2.24, 2.45) is 0 Å². The lowest BCUT2D eigenvalue weighted by Gasteiger charge is -2.20. The van der Waals surface area contributed by atoms with Gasteiger partial charge < -0.3 is 0 Å². The lowest BCUT2D eigenvalue weighted by atomic mass is 10.1. The summed E-state index contributed by atoms with van der Waals surface area (Å²) in [6, 6.07) is 0. The van der Waals surface area contributed by atoms with Gasteiger partial charge in [-0.3, -0.25) is 0 Å². The van der Waals surface area contributed by atoms with E-state index in [-0.39, 0.29) is 0 Å². The van der Waals surface area contributed by atoms with Crippen LogP contribution in [0.2, 0.25) is 0 Å². The molecule has 0 atom stereocenters. The molecule has 0 fully saturated rings. The number of hydrogen-bond acceptors (Lipinski definition) is 0. The van der Waals surface area contributed by atoms with Crippen LogP contribution in [0.3, 0.4) is 0 Å². The summed E-state index contributed by atoms with van der Waals surface area (Å²) in [6.45, 7) is 0. The highest BCUT2D eigenvalue weighted by atomic mass is 19.4. The molecule has 0 heterocycles. The molecule has 0 saturated heterocycles. The minimum atomic E-state index is -6.04. The second-order valence-electron chi connectivity index (χ2n) is 1.71. The van der Waals surface area contributed by atoms with Gasteiger partial charge in [-0.2, -0.15) is 26.3 Å². The molecule has 0 amide bonds. The van der Waals surface area contributed by atoms with E-state index >= 15 is 0 Å². The van der Waals surface area contributed by atoms with E-state index in [1.807, 2.05) is 0 Å². The quantitative estimate of drug-likeness (QED) is 0.572. The number of halogens is 8. The molecule has 0 aliphatic rings. The molecule has 0 spiro atoms. The normalized spacial score (nSPS) is 14.5. The first-order valence-electron chi connectivity index (χ1n) is 2.36. The third-order valence-corrected chi connectivity index (χ3v) is 0.829. The largest absolute Gasteiger partial charge is 0.410 e.